The molecule has 0 atom stereocenters. The van der Waals surface area contributed by atoms with Gasteiger partial charge in [0.2, 0.25) is 0 Å². The molecule has 0 radical (unpaired) electrons. The Morgan fingerprint density at radius 1 is 1.14 bits per heavy atom. The third kappa shape index (κ3) is 3.23. The van der Waals surface area contributed by atoms with E-state index in [1.807, 2.05) is 49.4 Å². The van der Waals surface area contributed by atoms with Gasteiger partial charge in [-0.1, -0.05) is 30.3 Å². The first-order valence-corrected chi connectivity index (χ1v) is 7.21. The Morgan fingerprint density at radius 2 is 1.86 bits per heavy atom. The lowest BCUT2D eigenvalue weighted by molar-refractivity contribution is -0.251. The molecule has 1 aliphatic heterocycles. The normalized spacial score (nSPS) is 17.6. The molecule has 1 amide bonds. The molecule has 1 N–H and O–H groups in total. The van der Waals surface area contributed by atoms with Gasteiger partial charge in [0, 0.05) is 5.56 Å². The third-order valence-electron chi connectivity index (χ3n) is 3.69. The molecule has 0 saturated carbocycles. The van der Waals surface area contributed by atoms with Gasteiger partial charge in [-0.25, -0.2) is 0 Å². The van der Waals surface area contributed by atoms with E-state index in [2.05, 4.69) is 5.32 Å². The van der Waals surface area contributed by atoms with Crippen LogP contribution in [0.25, 0.3) is 10.8 Å². The number of carbonyl (C=O) groups excluding carboxylic acids is 1. The van der Waals surface area contributed by atoms with E-state index < -0.39 is 5.79 Å². The summed E-state index contributed by atoms with van der Waals surface area (Å²) in [4.78, 5) is 12.3. The Balaban J connectivity index is 1.69. The number of fused-ring (bicyclic) bond motifs is 1. The molecule has 1 aliphatic rings. The molecule has 0 spiro atoms. The van der Waals surface area contributed by atoms with Gasteiger partial charge in [-0.15, -0.1) is 0 Å². The second kappa shape index (κ2) is 5.84. The summed E-state index contributed by atoms with van der Waals surface area (Å²) in [5.41, 5.74) is 0.646. The number of carbonyl (C=O) groups is 1. The number of rotatable bonds is 3. The fourth-order valence-corrected chi connectivity index (χ4v) is 2.45. The monoisotopic (exact) mass is 285 g/mol. The molecule has 1 saturated heterocycles. The van der Waals surface area contributed by atoms with Crippen molar-refractivity contribution in [3.05, 3.63) is 48.0 Å². The number of hydrogen-bond donors (Lipinski definition) is 1. The standard InChI is InChI=1S/C17H19NO3/c1-17(20-9-4-10-21-17)12-18-16(19)15-8-7-13-5-2-3-6-14(13)11-15/h2-3,5-8,11H,4,9-10,12H2,1H3,(H,18,19). The van der Waals surface area contributed by atoms with Crippen LogP contribution in [0.4, 0.5) is 0 Å². The van der Waals surface area contributed by atoms with Gasteiger partial charge in [0.25, 0.3) is 5.91 Å². The fourth-order valence-electron chi connectivity index (χ4n) is 2.45. The summed E-state index contributed by atoms with van der Waals surface area (Å²) < 4.78 is 11.2. The summed E-state index contributed by atoms with van der Waals surface area (Å²) in [6, 6.07) is 13.7. The Hall–Kier alpha value is -1.91. The Bertz CT molecular complexity index is 647. The zero-order valence-electron chi connectivity index (χ0n) is 12.1. The van der Waals surface area contributed by atoms with E-state index in [0.29, 0.717) is 25.3 Å². The second-order valence-corrected chi connectivity index (χ2v) is 5.43. The summed E-state index contributed by atoms with van der Waals surface area (Å²) in [5, 5.41) is 5.07. The molecule has 110 valence electrons. The van der Waals surface area contributed by atoms with Crippen LogP contribution in [0.15, 0.2) is 42.5 Å². The summed E-state index contributed by atoms with van der Waals surface area (Å²) in [5.74, 6) is -0.829. The van der Waals surface area contributed by atoms with Crippen LogP contribution in [0.2, 0.25) is 0 Å². The highest BCUT2D eigenvalue weighted by Gasteiger charge is 2.29. The van der Waals surface area contributed by atoms with E-state index in [1.165, 1.54) is 0 Å². The van der Waals surface area contributed by atoms with E-state index >= 15 is 0 Å². The Kier molecular flexibility index (Phi) is 3.90. The SMILES string of the molecule is CC1(CNC(=O)c2ccc3ccccc3c2)OCCCO1. The van der Waals surface area contributed by atoms with Crippen molar-refractivity contribution >= 4 is 16.7 Å². The third-order valence-corrected chi connectivity index (χ3v) is 3.69. The molecule has 0 bridgehead atoms. The van der Waals surface area contributed by atoms with Crippen molar-refractivity contribution in [3.8, 4) is 0 Å². The average Bonchev–Trinajstić information content (AvgIpc) is 2.53. The number of ether oxygens (including phenoxy) is 2. The maximum absolute atomic E-state index is 12.3. The molecular formula is C17H19NO3. The van der Waals surface area contributed by atoms with E-state index in [1.54, 1.807) is 0 Å². The zero-order chi connectivity index (χ0) is 14.7. The lowest BCUT2D eigenvalue weighted by Crippen LogP contribution is -2.47. The highest BCUT2D eigenvalue weighted by Crippen LogP contribution is 2.18. The minimum atomic E-state index is -0.718. The number of hydrogen-bond acceptors (Lipinski definition) is 3. The van der Waals surface area contributed by atoms with E-state index in [-0.39, 0.29) is 5.91 Å². The maximum atomic E-state index is 12.3. The van der Waals surface area contributed by atoms with Crippen LogP contribution in [0, 0.1) is 0 Å². The second-order valence-electron chi connectivity index (χ2n) is 5.43. The largest absolute Gasteiger partial charge is 0.348 e. The Morgan fingerprint density at radius 3 is 2.62 bits per heavy atom. The highest BCUT2D eigenvalue weighted by molar-refractivity contribution is 5.98. The van der Waals surface area contributed by atoms with Crippen molar-refractivity contribution in [2.24, 2.45) is 0 Å². The van der Waals surface area contributed by atoms with Crippen molar-refractivity contribution < 1.29 is 14.3 Å². The van der Waals surface area contributed by atoms with Gasteiger partial charge in [0.05, 0.1) is 19.8 Å². The summed E-state index contributed by atoms with van der Waals surface area (Å²) in [6.45, 7) is 3.54. The predicted octanol–water partition coefficient (Wildman–Crippen LogP) is 2.72. The predicted molar refractivity (Wildman–Crippen MR) is 81.2 cm³/mol. The van der Waals surface area contributed by atoms with E-state index in [9.17, 15) is 4.79 Å². The van der Waals surface area contributed by atoms with Crippen molar-refractivity contribution in [2.45, 2.75) is 19.1 Å². The van der Waals surface area contributed by atoms with Crippen LogP contribution >= 0.6 is 0 Å². The zero-order valence-corrected chi connectivity index (χ0v) is 12.1. The molecule has 0 aromatic heterocycles. The molecule has 1 heterocycles. The highest BCUT2D eigenvalue weighted by atomic mass is 16.7. The van der Waals surface area contributed by atoms with Crippen LogP contribution in [0.1, 0.15) is 23.7 Å². The van der Waals surface area contributed by atoms with Crippen LogP contribution in [0.3, 0.4) is 0 Å². The van der Waals surface area contributed by atoms with Gasteiger partial charge < -0.3 is 14.8 Å². The summed E-state index contributed by atoms with van der Waals surface area (Å²) in [7, 11) is 0. The lowest BCUT2D eigenvalue weighted by Gasteiger charge is -2.33. The van der Waals surface area contributed by atoms with Gasteiger partial charge in [0.1, 0.15) is 0 Å². The quantitative estimate of drug-likeness (QED) is 0.943. The molecule has 1 fully saturated rings. The molecule has 0 aliphatic carbocycles. The van der Waals surface area contributed by atoms with Crippen LogP contribution < -0.4 is 5.32 Å². The molecule has 2 aromatic carbocycles. The number of benzene rings is 2. The minimum absolute atomic E-state index is 0.111. The van der Waals surface area contributed by atoms with Crippen molar-refractivity contribution in [1.82, 2.24) is 5.32 Å². The molecule has 4 heteroatoms. The smallest absolute Gasteiger partial charge is 0.251 e. The van der Waals surface area contributed by atoms with Gasteiger partial charge >= 0.3 is 0 Å². The summed E-state index contributed by atoms with van der Waals surface area (Å²) >= 11 is 0. The number of amides is 1. The molecule has 0 unspecified atom stereocenters. The molecule has 21 heavy (non-hydrogen) atoms. The molecule has 4 nitrogen and oxygen atoms in total. The maximum Gasteiger partial charge on any atom is 0.251 e. The summed E-state index contributed by atoms with van der Waals surface area (Å²) in [6.07, 6.45) is 0.897. The average molecular weight is 285 g/mol. The lowest BCUT2D eigenvalue weighted by atomic mass is 10.1. The van der Waals surface area contributed by atoms with Gasteiger partial charge in [-0.2, -0.15) is 0 Å². The first-order chi connectivity index (χ1) is 10.2. The topological polar surface area (TPSA) is 47.6 Å². The van der Waals surface area contributed by atoms with Crippen LogP contribution in [0.5, 0.6) is 0 Å². The first-order valence-electron chi connectivity index (χ1n) is 7.21. The van der Waals surface area contributed by atoms with Gasteiger partial charge in [-0.05, 0) is 36.2 Å². The van der Waals surface area contributed by atoms with E-state index in [4.69, 9.17) is 9.47 Å². The molecule has 2 aromatic rings. The number of nitrogens with one attached hydrogen (secondary N) is 1. The van der Waals surface area contributed by atoms with Crippen molar-refractivity contribution in [2.75, 3.05) is 19.8 Å². The van der Waals surface area contributed by atoms with Crippen molar-refractivity contribution in [1.29, 1.82) is 0 Å². The Labute approximate surface area is 124 Å². The van der Waals surface area contributed by atoms with Crippen molar-refractivity contribution in [3.63, 3.8) is 0 Å². The van der Waals surface area contributed by atoms with Gasteiger partial charge in [-0.3, -0.25) is 4.79 Å². The minimum Gasteiger partial charge on any atom is -0.348 e. The fraction of sp³-hybridized carbons (Fsp3) is 0.353. The first kappa shape index (κ1) is 14.0. The molecule has 3 rings (SSSR count). The van der Waals surface area contributed by atoms with Gasteiger partial charge in [0.15, 0.2) is 5.79 Å². The van der Waals surface area contributed by atoms with Crippen LogP contribution in [-0.4, -0.2) is 31.5 Å². The van der Waals surface area contributed by atoms with E-state index in [0.717, 1.165) is 17.2 Å². The van der Waals surface area contributed by atoms with Crippen LogP contribution in [-0.2, 0) is 9.47 Å². The molecular weight excluding hydrogens is 266 g/mol.